The van der Waals surface area contributed by atoms with Crippen LogP contribution in [0.25, 0.3) is 0 Å². The summed E-state index contributed by atoms with van der Waals surface area (Å²) in [7, 11) is 0. The topological polar surface area (TPSA) is 101 Å². The van der Waals surface area contributed by atoms with Gasteiger partial charge in [0, 0.05) is 25.2 Å². The number of benzene rings is 1. The van der Waals surface area contributed by atoms with E-state index in [0.29, 0.717) is 12.2 Å². The molecule has 2 aromatic rings. The Morgan fingerprint density at radius 1 is 1.35 bits per heavy atom. The van der Waals surface area contributed by atoms with Crippen molar-refractivity contribution < 1.29 is 9.72 Å². The molecule has 1 aliphatic heterocycles. The molecule has 2 heterocycles. The van der Waals surface area contributed by atoms with E-state index in [2.05, 4.69) is 15.5 Å². The Balaban J connectivity index is 1.68. The van der Waals surface area contributed by atoms with Crippen molar-refractivity contribution in [3.8, 4) is 0 Å². The predicted molar refractivity (Wildman–Crippen MR) is 98.4 cm³/mol. The molecule has 1 unspecified atom stereocenters. The van der Waals surface area contributed by atoms with E-state index in [1.54, 1.807) is 0 Å². The highest BCUT2D eigenvalue weighted by Crippen LogP contribution is 2.28. The Hall–Kier alpha value is -2.74. The fourth-order valence-corrected chi connectivity index (χ4v) is 3.14. The molecule has 9 heteroatoms. The molecule has 1 amide bonds. The molecule has 1 aromatic carbocycles. The molecule has 1 saturated heterocycles. The summed E-state index contributed by atoms with van der Waals surface area (Å²) in [5, 5.41) is 21.9. The molecule has 0 saturated carbocycles. The number of non-ortho nitro benzene ring substituents is 1. The summed E-state index contributed by atoms with van der Waals surface area (Å²) in [6, 6.07) is 7.78. The van der Waals surface area contributed by atoms with Crippen molar-refractivity contribution in [3.05, 3.63) is 51.2 Å². The van der Waals surface area contributed by atoms with E-state index < -0.39 is 4.92 Å². The van der Waals surface area contributed by atoms with Crippen molar-refractivity contribution >= 4 is 34.7 Å². The summed E-state index contributed by atoms with van der Waals surface area (Å²) >= 11 is 6.05. The highest BCUT2D eigenvalue weighted by atomic mass is 35.5. The summed E-state index contributed by atoms with van der Waals surface area (Å²) in [6.07, 6.45) is 1.62. The van der Waals surface area contributed by atoms with Gasteiger partial charge < -0.3 is 10.2 Å². The van der Waals surface area contributed by atoms with Crippen molar-refractivity contribution in [2.24, 2.45) is 5.92 Å². The number of carbonyl (C=O) groups is 1. The van der Waals surface area contributed by atoms with Crippen molar-refractivity contribution in [2.45, 2.75) is 19.8 Å². The lowest BCUT2D eigenvalue weighted by Gasteiger charge is -2.32. The number of rotatable bonds is 4. The number of nitro groups is 1. The zero-order valence-corrected chi connectivity index (χ0v) is 14.9. The Labute approximate surface area is 155 Å². The molecule has 1 N–H and O–H groups in total. The van der Waals surface area contributed by atoms with Crippen LogP contribution in [0.5, 0.6) is 0 Å². The minimum Gasteiger partial charge on any atom is -0.354 e. The molecule has 0 aliphatic carbocycles. The van der Waals surface area contributed by atoms with E-state index in [-0.39, 0.29) is 22.5 Å². The summed E-state index contributed by atoms with van der Waals surface area (Å²) in [5.41, 5.74) is 1.09. The van der Waals surface area contributed by atoms with Crippen molar-refractivity contribution in [3.63, 3.8) is 0 Å². The number of amides is 1. The zero-order chi connectivity index (χ0) is 18.7. The van der Waals surface area contributed by atoms with E-state index >= 15 is 0 Å². The lowest BCUT2D eigenvalue weighted by Crippen LogP contribution is -2.41. The second-order valence-corrected chi connectivity index (χ2v) is 6.64. The highest BCUT2D eigenvalue weighted by molar-refractivity contribution is 6.34. The van der Waals surface area contributed by atoms with Gasteiger partial charge in [-0.25, -0.2) is 0 Å². The van der Waals surface area contributed by atoms with Crippen LogP contribution in [-0.2, 0) is 4.79 Å². The van der Waals surface area contributed by atoms with Crippen LogP contribution in [0.3, 0.4) is 0 Å². The number of nitro benzene ring substituents is 1. The monoisotopic (exact) mass is 375 g/mol. The average molecular weight is 376 g/mol. The molecule has 3 rings (SSSR count). The minimum atomic E-state index is -0.529. The molecular weight excluding hydrogens is 358 g/mol. The Morgan fingerprint density at radius 3 is 2.81 bits per heavy atom. The zero-order valence-electron chi connectivity index (χ0n) is 14.2. The molecule has 1 atom stereocenters. The summed E-state index contributed by atoms with van der Waals surface area (Å²) in [6.45, 7) is 3.23. The van der Waals surface area contributed by atoms with E-state index in [1.807, 2.05) is 24.0 Å². The van der Waals surface area contributed by atoms with Crippen LogP contribution in [0.2, 0.25) is 5.02 Å². The third-order valence-electron chi connectivity index (χ3n) is 4.32. The van der Waals surface area contributed by atoms with Crippen LogP contribution in [0, 0.1) is 23.0 Å². The van der Waals surface area contributed by atoms with Gasteiger partial charge in [-0.3, -0.25) is 14.9 Å². The number of aromatic nitrogens is 2. The van der Waals surface area contributed by atoms with E-state index in [1.165, 1.54) is 18.2 Å². The first-order valence-corrected chi connectivity index (χ1v) is 8.62. The van der Waals surface area contributed by atoms with E-state index in [4.69, 9.17) is 11.6 Å². The van der Waals surface area contributed by atoms with E-state index in [0.717, 1.165) is 30.9 Å². The van der Waals surface area contributed by atoms with Gasteiger partial charge in [0.1, 0.15) is 0 Å². The van der Waals surface area contributed by atoms with Gasteiger partial charge in [-0.15, -0.1) is 5.10 Å². The fourth-order valence-electron chi connectivity index (χ4n) is 2.91. The average Bonchev–Trinajstić information content (AvgIpc) is 2.64. The molecule has 1 fully saturated rings. The molecule has 26 heavy (non-hydrogen) atoms. The summed E-state index contributed by atoms with van der Waals surface area (Å²) < 4.78 is 0. The van der Waals surface area contributed by atoms with Gasteiger partial charge in [0.25, 0.3) is 5.69 Å². The quantitative estimate of drug-likeness (QED) is 0.650. The van der Waals surface area contributed by atoms with Gasteiger partial charge in [0.05, 0.1) is 27.2 Å². The lowest BCUT2D eigenvalue weighted by atomic mass is 9.97. The number of nitrogens with one attached hydrogen (secondary N) is 1. The third-order valence-corrected chi connectivity index (χ3v) is 4.63. The smallest absolute Gasteiger partial charge is 0.271 e. The molecule has 8 nitrogen and oxygen atoms in total. The second-order valence-electron chi connectivity index (χ2n) is 6.23. The number of hydrogen-bond acceptors (Lipinski definition) is 6. The van der Waals surface area contributed by atoms with Gasteiger partial charge in [-0.05, 0) is 38.0 Å². The maximum atomic E-state index is 12.6. The molecule has 1 aliphatic rings. The van der Waals surface area contributed by atoms with Crippen LogP contribution < -0.4 is 10.2 Å². The van der Waals surface area contributed by atoms with E-state index in [9.17, 15) is 14.9 Å². The first-order valence-electron chi connectivity index (χ1n) is 8.24. The summed E-state index contributed by atoms with van der Waals surface area (Å²) in [4.78, 5) is 24.9. The van der Waals surface area contributed by atoms with Gasteiger partial charge in [0.2, 0.25) is 5.91 Å². The van der Waals surface area contributed by atoms with Gasteiger partial charge in [-0.2, -0.15) is 5.10 Å². The first kappa shape index (κ1) is 18.1. The van der Waals surface area contributed by atoms with Crippen LogP contribution in [0.15, 0.2) is 30.3 Å². The molecule has 0 radical (unpaired) electrons. The lowest BCUT2D eigenvalue weighted by molar-refractivity contribution is -0.384. The predicted octanol–water partition coefficient (Wildman–Crippen LogP) is 3.20. The number of aryl methyl sites for hydroxylation is 1. The number of piperidine rings is 1. The fraction of sp³-hybridized carbons (Fsp3) is 0.353. The summed E-state index contributed by atoms with van der Waals surface area (Å²) in [5.74, 6) is 0.366. The largest absolute Gasteiger partial charge is 0.354 e. The molecule has 1 aromatic heterocycles. The van der Waals surface area contributed by atoms with Crippen molar-refractivity contribution in [1.82, 2.24) is 10.2 Å². The maximum Gasteiger partial charge on any atom is 0.271 e. The second kappa shape index (κ2) is 7.65. The van der Waals surface area contributed by atoms with Crippen molar-refractivity contribution in [1.29, 1.82) is 0 Å². The molecule has 0 bridgehead atoms. The van der Waals surface area contributed by atoms with Crippen LogP contribution >= 0.6 is 11.6 Å². The number of hydrogen-bond donors (Lipinski definition) is 1. The molecular formula is C17H18ClN5O3. The number of anilines is 2. The van der Waals surface area contributed by atoms with Gasteiger partial charge in [-0.1, -0.05) is 11.6 Å². The maximum absolute atomic E-state index is 12.6. The standard InChI is InChI=1S/C17H18ClN5O3/c1-11-4-7-16(21-20-11)22-8-2-3-12(10-22)17(24)19-15-6-5-13(23(25)26)9-14(15)18/h4-7,9,12H,2-3,8,10H2,1H3,(H,19,24). The Kier molecular flexibility index (Phi) is 5.32. The number of carbonyl (C=O) groups excluding carboxylic acids is 1. The minimum absolute atomic E-state index is 0.116. The van der Waals surface area contributed by atoms with Crippen LogP contribution in [-0.4, -0.2) is 34.1 Å². The van der Waals surface area contributed by atoms with Crippen molar-refractivity contribution in [2.75, 3.05) is 23.3 Å². The van der Waals surface area contributed by atoms with Gasteiger partial charge in [0.15, 0.2) is 5.82 Å². The SMILES string of the molecule is Cc1ccc(N2CCCC(C(=O)Nc3ccc([N+](=O)[O-])cc3Cl)C2)nn1. The van der Waals surface area contributed by atoms with Crippen LogP contribution in [0.1, 0.15) is 18.5 Å². The highest BCUT2D eigenvalue weighted by Gasteiger charge is 2.27. The normalized spacial score (nSPS) is 17.0. The molecule has 136 valence electrons. The first-order chi connectivity index (χ1) is 12.4. The number of nitrogens with zero attached hydrogens (tertiary/aromatic N) is 4. The Bertz CT molecular complexity index is 828. The number of halogens is 1. The van der Waals surface area contributed by atoms with Gasteiger partial charge >= 0.3 is 0 Å². The Morgan fingerprint density at radius 2 is 2.15 bits per heavy atom. The third kappa shape index (κ3) is 4.08. The van der Waals surface area contributed by atoms with Crippen LogP contribution in [0.4, 0.5) is 17.2 Å². The molecule has 0 spiro atoms.